The predicted octanol–water partition coefficient (Wildman–Crippen LogP) is 3.29. The summed E-state index contributed by atoms with van der Waals surface area (Å²) in [6.45, 7) is 4.50. The number of rotatable bonds is 4. The molecule has 132 valence electrons. The number of carbonyl (C=O) groups is 2. The summed E-state index contributed by atoms with van der Waals surface area (Å²) in [7, 11) is 0. The van der Waals surface area contributed by atoms with E-state index in [9.17, 15) is 14.0 Å². The average Bonchev–Trinajstić information content (AvgIpc) is 3.16. The predicted molar refractivity (Wildman–Crippen MR) is 97.5 cm³/mol. The first-order chi connectivity index (χ1) is 12.5. The molecule has 0 aliphatic carbocycles. The molecule has 0 bridgehead atoms. The van der Waals surface area contributed by atoms with Crippen LogP contribution in [0.4, 0.5) is 15.8 Å². The first-order valence-electron chi connectivity index (χ1n) is 8.46. The van der Waals surface area contributed by atoms with Crippen molar-refractivity contribution in [2.24, 2.45) is 0 Å². The third kappa shape index (κ3) is 2.88. The maximum atomic E-state index is 13.8. The maximum Gasteiger partial charge on any atom is 0.256 e. The molecule has 2 heterocycles. The second-order valence-electron chi connectivity index (χ2n) is 6.53. The Morgan fingerprint density at radius 2 is 2.19 bits per heavy atom. The van der Waals surface area contributed by atoms with Crippen molar-refractivity contribution < 1.29 is 14.0 Å². The van der Waals surface area contributed by atoms with Crippen LogP contribution in [0.25, 0.3) is 0 Å². The number of amides is 2. The SMILES string of the molecule is C=CC[C@H]1NCc2cc(NC(=O)c3cc(F)cc4c3CC(=O)N4)ccc21. The summed E-state index contributed by atoms with van der Waals surface area (Å²) in [6.07, 6.45) is 2.80. The zero-order valence-corrected chi connectivity index (χ0v) is 14.1. The molecule has 0 fully saturated rings. The van der Waals surface area contributed by atoms with E-state index in [2.05, 4.69) is 22.5 Å². The highest BCUT2D eigenvalue weighted by atomic mass is 19.1. The fourth-order valence-electron chi connectivity index (χ4n) is 3.59. The van der Waals surface area contributed by atoms with Gasteiger partial charge in [0.05, 0.1) is 6.42 Å². The van der Waals surface area contributed by atoms with Crippen molar-refractivity contribution in [1.29, 1.82) is 0 Å². The Balaban J connectivity index is 1.59. The number of nitrogens with one attached hydrogen (secondary N) is 3. The summed E-state index contributed by atoms with van der Waals surface area (Å²) in [5.74, 6) is -1.22. The fraction of sp³-hybridized carbons (Fsp3) is 0.200. The molecule has 1 atom stereocenters. The maximum absolute atomic E-state index is 13.8. The number of carbonyl (C=O) groups excluding carboxylic acids is 2. The number of hydrogen-bond acceptors (Lipinski definition) is 3. The Morgan fingerprint density at radius 1 is 1.35 bits per heavy atom. The van der Waals surface area contributed by atoms with Gasteiger partial charge in [-0.1, -0.05) is 12.1 Å². The summed E-state index contributed by atoms with van der Waals surface area (Å²) in [6, 6.07) is 8.40. The van der Waals surface area contributed by atoms with Gasteiger partial charge in [-0.2, -0.15) is 0 Å². The molecule has 2 aliphatic rings. The molecule has 0 unspecified atom stereocenters. The fourth-order valence-corrected chi connectivity index (χ4v) is 3.59. The van der Waals surface area contributed by atoms with E-state index >= 15 is 0 Å². The van der Waals surface area contributed by atoms with Crippen LogP contribution in [0.5, 0.6) is 0 Å². The molecule has 4 rings (SSSR count). The van der Waals surface area contributed by atoms with Gasteiger partial charge in [-0.25, -0.2) is 4.39 Å². The van der Waals surface area contributed by atoms with E-state index in [1.54, 1.807) is 0 Å². The van der Waals surface area contributed by atoms with Gasteiger partial charge in [0, 0.05) is 29.5 Å². The van der Waals surface area contributed by atoms with Crippen LogP contribution in [-0.4, -0.2) is 11.8 Å². The molecule has 0 saturated carbocycles. The lowest BCUT2D eigenvalue weighted by atomic mass is 10.0. The average molecular weight is 351 g/mol. The highest BCUT2D eigenvalue weighted by Gasteiger charge is 2.26. The third-order valence-corrected chi connectivity index (χ3v) is 4.79. The lowest BCUT2D eigenvalue weighted by Gasteiger charge is -2.12. The summed E-state index contributed by atoms with van der Waals surface area (Å²) in [5, 5.41) is 8.79. The van der Waals surface area contributed by atoms with Crippen molar-refractivity contribution in [3.8, 4) is 0 Å². The summed E-state index contributed by atoms with van der Waals surface area (Å²) in [4.78, 5) is 24.2. The van der Waals surface area contributed by atoms with Gasteiger partial charge in [-0.3, -0.25) is 9.59 Å². The minimum absolute atomic E-state index is 0.0791. The summed E-state index contributed by atoms with van der Waals surface area (Å²) >= 11 is 0. The zero-order valence-electron chi connectivity index (χ0n) is 14.1. The molecule has 0 aromatic heterocycles. The van der Waals surface area contributed by atoms with Gasteiger partial charge < -0.3 is 16.0 Å². The van der Waals surface area contributed by atoms with E-state index in [4.69, 9.17) is 0 Å². The van der Waals surface area contributed by atoms with Crippen LogP contribution in [0.15, 0.2) is 43.0 Å². The van der Waals surface area contributed by atoms with Crippen LogP contribution in [0, 0.1) is 5.82 Å². The highest BCUT2D eigenvalue weighted by Crippen LogP contribution is 2.31. The zero-order chi connectivity index (χ0) is 18.3. The van der Waals surface area contributed by atoms with Gasteiger partial charge in [-0.15, -0.1) is 6.58 Å². The van der Waals surface area contributed by atoms with E-state index in [1.165, 1.54) is 17.7 Å². The van der Waals surface area contributed by atoms with Crippen molar-refractivity contribution in [3.05, 3.63) is 71.1 Å². The first-order valence-corrected chi connectivity index (χ1v) is 8.46. The number of hydrogen-bond donors (Lipinski definition) is 3. The molecular weight excluding hydrogens is 333 g/mol. The van der Waals surface area contributed by atoms with Gasteiger partial charge in [0.15, 0.2) is 0 Å². The molecule has 3 N–H and O–H groups in total. The van der Waals surface area contributed by atoms with E-state index in [-0.39, 0.29) is 23.9 Å². The van der Waals surface area contributed by atoms with E-state index in [0.29, 0.717) is 16.9 Å². The summed E-state index contributed by atoms with van der Waals surface area (Å²) < 4.78 is 13.8. The lowest BCUT2D eigenvalue weighted by Crippen LogP contribution is -2.14. The topological polar surface area (TPSA) is 70.2 Å². The summed E-state index contributed by atoms with van der Waals surface area (Å²) in [5.41, 5.74) is 4.04. The molecule has 0 saturated heterocycles. The van der Waals surface area contributed by atoms with Crippen LogP contribution < -0.4 is 16.0 Å². The van der Waals surface area contributed by atoms with Crippen LogP contribution >= 0.6 is 0 Å². The molecule has 2 amide bonds. The molecule has 2 aromatic rings. The van der Waals surface area contributed by atoms with Crippen LogP contribution in [0.1, 0.15) is 39.5 Å². The Bertz CT molecular complexity index is 939. The van der Waals surface area contributed by atoms with Gasteiger partial charge in [0.2, 0.25) is 5.91 Å². The van der Waals surface area contributed by atoms with Crippen LogP contribution in [-0.2, 0) is 17.8 Å². The quantitative estimate of drug-likeness (QED) is 0.740. The van der Waals surface area contributed by atoms with Gasteiger partial charge in [0.1, 0.15) is 5.82 Å². The Morgan fingerprint density at radius 3 is 3.00 bits per heavy atom. The van der Waals surface area contributed by atoms with E-state index in [1.807, 2.05) is 24.3 Å². The monoisotopic (exact) mass is 351 g/mol. The first kappa shape index (κ1) is 16.5. The molecule has 2 aromatic carbocycles. The van der Waals surface area contributed by atoms with Crippen LogP contribution in [0.2, 0.25) is 0 Å². The molecule has 2 aliphatic heterocycles. The van der Waals surface area contributed by atoms with Gasteiger partial charge >= 0.3 is 0 Å². The Kier molecular flexibility index (Phi) is 4.05. The largest absolute Gasteiger partial charge is 0.325 e. The molecular formula is C20H18FN3O2. The molecule has 5 nitrogen and oxygen atoms in total. The highest BCUT2D eigenvalue weighted by molar-refractivity contribution is 6.10. The second kappa shape index (κ2) is 6.38. The molecule has 0 radical (unpaired) electrons. The van der Waals surface area contributed by atoms with Gasteiger partial charge in [0.25, 0.3) is 5.91 Å². The van der Waals surface area contributed by atoms with Crippen LogP contribution in [0.3, 0.4) is 0 Å². The number of fused-ring (bicyclic) bond motifs is 2. The van der Waals surface area contributed by atoms with E-state index in [0.717, 1.165) is 18.5 Å². The van der Waals surface area contributed by atoms with Crippen molar-refractivity contribution >= 4 is 23.2 Å². The van der Waals surface area contributed by atoms with Crippen molar-refractivity contribution in [2.45, 2.75) is 25.4 Å². The van der Waals surface area contributed by atoms with Crippen molar-refractivity contribution in [2.75, 3.05) is 10.6 Å². The number of anilines is 2. The van der Waals surface area contributed by atoms with E-state index < -0.39 is 11.7 Å². The smallest absolute Gasteiger partial charge is 0.256 e. The molecule has 6 heteroatoms. The van der Waals surface area contributed by atoms with Gasteiger partial charge in [-0.05, 0) is 47.4 Å². The van der Waals surface area contributed by atoms with Crippen molar-refractivity contribution in [1.82, 2.24) is 5.32 Å². The minimum Gasteiger partial charge on any atom is -0.325 e. The Hall–Kier alpha value is -2.99. The number of benzene rings is 2. The van der Waals surface area contributed by atoms with Crippen molar-refractivity contribution in [3.63, 3.8) is 0 Å². The normalized spacial score (nSPS) is 17.4. The standard InChI is InChI=1S/C20H18FN3O2/c1-2-3-17-14-5-4-13(6-11(14)10-22-17)23-20(26)16-7-12(21)8-18-15(16)9-19(25)24-18/h2,4-8,17,22H,1,3,9-10H2,(H,23,26)(H,24,25)/t17-/m1/s1. The molecule has 0 spiro atoms. The minimum atomic E-state index is -0.554. The number of halogens is 1. The molecule has 26 heavy (non-hydrogen) atoms. The Labute approximate surface area is 150 Å². The third-order valence-electron chi connectivity index (χ3n) is 4.79. The second-order valence-corrected chi connectivity index (χ2v) is 6.53. The lowest BCUT2D eigenvalue weighted by molar-refractivity contribution is -0.115.